The number of hydrogen-bond acceptors (Lipinski definition) is 7. The highest BCUT2D eigenvalue weighted by molar-refractivity contribution is 6.00. The predicted molar refractivity (Wildman–Crippen MR) is 156 cm³/mol. The van der Waals surface area contributed by atoms with Gasteiger partial charge in [0.1, 0.15) is 11.6 Å². The molecule has 0 aliphatic heterocycles. The topological polar surface area (TPSA) is 121 Å². The summed E-state index contributed by atoms with van der Waals surface area (Å²) in [5.74, 6) is 1.15. The zero-order chi connectivity index (χ0) is 29.3. The average molecular weight is 571 g/mol. The number of H-pyrrole nitrogens is 1. The molecule has 2 amide bonds. The van der Waals surface area contributed by atoms with Crippen LogP contribution in [0.2, 0.25) is 0 Å². The lowest BCUT2D eigenvalue weighted by molar-refractivity contribution is -0.0498. The molecule has 0 unspecified atom stereocenters. The van der Waals surface area contributed by atoms with Gasteiger partial charge in [-0.1, -0.05) is 61.5 Å². The Balaban J connectivity index is 1.48. The molecule has 0 aliphatic rings. The molecule has 2 aromatic heterocycles. The number of hydrogen-bond donors (Lipinski definition) is 3. The van der Waals surface area contributed by atoms with Gasteiger partial charge >= 0.3 is 12.6 Å². The van der Waals surface area contributed by atoms with Crippen molar-refractivity contribution in [1.82, 2.24) is 25.6 Å². The van der Waals surface area contributed by atoms with Crippen molar-refractivity contribution in [2.45, 2.75) is 26.5 Å². The molecule has 2 heterocycles. The molecule has 0 saturated carbocycles. The van der Waals surface area contributed by atoms with E-state index in [0.717, 1.165) is 29.7 Å². The van der Waals surface area contributed by atoms with Crippen LogP contribution in [0.25, 0.3) is 22.6 Å². The van der Waals surface area contributed by atoms with Crippen molar-refractivity contribution in [3.63, 3.8) is 0 Å². The van der Waals surface area contributed by atoms with Crippen molar-refractivity contribution >= 4 is 23.2 Å². The zero-order valence-electron chi connectivity index (χ0n) is 22.7. The Morgan fingerprint density at radius 2 is 1.64 bits per heavy atom. The van der Waals surface area contributed by atoms with Gasteiger partial charge in [-0.25, -0.2) is 14.9 Å². The Morgan fingerprint density at radius 3 is 2.33 bits per heavy atom. The first-order valence-corrected chi connectivity index (χ1v) is 13.3. The number of rotatable bonds is 11. The molecule has 5 aromatic rings. The van der Waals surface area contributed by atoms with Crippen LogP contribution >= 0.6 is 0 Å². The van der Waals surface area contributed by atoms with Gasteiger partial charge in [-0.15, -0.1) is 5.10 Å². The van der Waals surface area contributed by atoms with Crippen molar-refractivity contribution in [2.75, 3.05) is 22.1 Å². The molecular weight excluding hydrogens is 542 g/mol. The molecule has 0 bridgehead atoms. The molecule has 214 valence electrons. The standard InChI is InChI=1S/C30H28F2N8O2/c1-2-16-40(19-20-8-4-3-5-9-20)27-18-22(34-30(41)33-21-12-14-23(15-13-21)42-29(31)32)17-26(35-27)24-10-6-7-11-25(24)28-36-38-39-37-28/h3-15,17-18,29H,2,16,19H2,1H3,(H2,33,34,35,41)(H,36,37,38,39). The minimum absolute atomic E-state index is 0.00516. The molecule has 3 aromatic carbocycles. The number of halogens is 2. The largest absolute Gasteiger partial charge is 0.435 e. The lowest BCUT2D eigenvalue weighted by atomic mass is 10.0. The fraction of sp³-hybridized carbons (Fsp3) is 0.167. The Bertz CT molecular complexity index is 1600. The van der Waals surface area contributed by atoms with Crippen LogP contribution in [0, 0.1) is 0 Å². The van der Waals surface area contributed by atoms with Crippen molar-refractivity contribution < 1.29 is 18.3 Å². The number of aromatic nitrogens is 5. The average Bonchev–Trinajstić information content (AvgIpc) is 3.53. The molecule has 10 nitrogen and oxygen atoms in total. The third-order valence-corrected chi connectivity index (χ3v) is 6.24. The van der Waals surface area contributed by atoms with E-state index >= 15 is 0 Å². The second kappa shape index (κ2) is 13.3. The number of carbonyl (C=O) groups is 1. The fourth-order valence-electron chi connectivity index (χ4n) is 4.44. The quantitative estimate of drug-likeness (QED) is 0.164. The van der Waals surface area contributed by atoms with Crippen LogP contribution in [0.1, 0.15) is 18.9 Å². The van der Waals surface area contributed by atoms with Gasteiger partial charge in [0.05, 0.1) is 5.69 Å². The SMILES string of the molecule is CCCN(Cc1ccccc1)c1cc(NC(=O)Nc2ccc(OC(F)F)cc2)cc(-c2ccccc2-c2nnn[nH]2)n1. The lowest BCUT2D eigenvalue weighted by Gasteiger charge is -2.25. The first-order valence-electron chi connectivity index (χ1n) is 13.3. The van der Waals surface area contributed by atoms with Crippen molar-refractivity contribution in [1.29, 1.82) is 0 Å². The van der Waals surface area contributed by atoms with Crippen LogP contribution in [-0.2, 0) is 6.54 Å². The number of tetrazole rings is 1. The molecular formula is C30H28F2N8O2. The van der Waals surface area contributed by atoms with E-state index in [2.05, 4.69) is 60.0 Å². The summed E-state index contributed by atoms with van der Waals surface area (Å²) >= 11 is 0. The van der Waals surface area contributed by atoms with Crippen molar-refractivity contribution in [3.8, 4) is 28.4 Å². The number of amides is 2. The highest BCUT2D eigenvalue weighted by Crippen LogP contribution is 2.32. The van der Waals surface area contributed by atoms with Gasteiger partial charge in [-0.2, -0.15) is 8.78 Å². The third kappa shape index (κ3) is 7.22. The summed E-state index contributed by atoms with van der Waals surface area (Å²) in [6.45, 7) is 0.523. The molecule has 5 rings (SSSR count). The number of nitrogens with one attached hydrogen (secondary N) is 3. The minimum atomic E-state index is -2.93. The number of carbonyl (C=O) groups excluding carboxylic acids is 1. The molecule has 0 fully saturated rings. The molecule has 0 atom stereocenters. The smallest absolute Gasteiger partial charge is 0.387 e. The molecule has 0 saturated heterocycles. The monoisotopic (exact) mass is 570 g/mol. The highest BCUT2D eigenvalue weighted by Gasteiger charge is 2.17. The summed E-state index contributed by atoms with van der Waals surface area (Å²) in [5, 5.41) is 19.9. The van der Waals surface area contributed by atoms with Crippen molar-refractivity contribution in [2.24, 2.45) is 0 Å². The van der Waals surface area contributed by atoms with Crippen LogP contribution in [0.3, 0.4) is 0 Å². The van der Waals surface area contributed by atoms with E-state index in [1.54, 1.807) is 6.07 Å². The maximum Gasteiger partial charge on any atom is 0.387 e. The van der Waals surface area contributed by atoms with Crippen LogP contribution in [-0.4, -0.2) is 44.8 Å². The highest BCUT2D eigenvalue weighted by atomic mass is 19.3. The molecule has 42 heavy (non-hydrogen) atoms. The van der Waals surface area contributed by atoms with Gasteiger partial charge < -0.3 is 20.3 Å². The number of pyridine rings is 1. The number of aromatic amines is 1. The summed E-state index contributed by atoms with van der Waals surface area (Å²) in [6, 6.07) is 26.4. The third-order valence-electron chi connectivity index (χ3n) is 6.24. The number of benzene rings is 3. The van der Waals surface area contributed by atoms with Gasteiger partial charge in [-0.05, 0) is 52.7 Å². The number of alkyl halides is 2. The van der Waals surface area contributed by atoms with E-state index in [-0.39, 0.29) is 5.75 Å². The van der Waals surface area contributed by atoms with Gasteiger partial charge in [-0.3, -0.25) is 0 Å². The van der Waals surface area contributed by atoms with Gasteiger partial charge in [0, 0.05) is 41.7 Å². The number of ether oxygens (including phenoxy) is 1. The van der Waals surface area contributed by atoms with E-state index in [4.69, 9.17) is 4.98 Å². The van der Waals surface area contributed by atoms with E-state index in [0.29, 0.717) is 35.3 Å². The van der Waals surface area contributed by atoms with Crippen LogP contribution < -0.4 is 20.3 Å². The summed E-state index contributed by atoms with van der Waals surface area (Å²) in [7, 11) is 0. The van der Waals surface area contributed by atoms with Crippen LogP contribution in [0.15, 0.2) is 91.0 Å². The van der Waals surface area contributed by atoms with E-state index in [1.807, 2.05) is 48.5 Å². The van der Waals surface area contributed by atoms with Crippen LogP contribution in [0.5, 0.6) is 5.75 Å². The van der Waals surface area contributed by atoms with Crippen LogP contribution in [0.4, 0.5) is 30.8 Å². The first-order chi connectivity index (χ1) is 20.5. The maximum atomic E-state index is 13.0. The normalized spacial score (nSPS) is 10.9. The molecule has 3 N–H and O–H groups in total. The minimum Gasteiger partial charge on any atom is -0.435 e. The summed E-state index contributed by atoms with van der Waals surface area (Å²) in [6.07, 6.45) is 0.883. The Labute approximate surface area is 240 Å². The van der Waals surface area contributed by atoms with E-state index in [9.17, 15) is 13.6 Å². The summed E-state index contributed by atoms with van der Waals surface area (Å²) in [4.78, 5) is 20.2. The fourth-order valence-corrected chi connectivity index (χ4v) is 4.44. The van der Waals surface area contributed by atoms with E-state index in [1.165, 1.54) is 24.3 Å². The van der Waals surface area contributed by atoms with Crippen molar-refractivity contribution in [3.05, 3.63) is 96.6 Å². The molecule has 0 spiro atoms. The zero-order valence-corrected chi connectivity index (χ0v) is 22.7. The second-order valence-corrected chi connectivity index (χ2v) is 9.28. The lowest BCUT2D eigenvalue weighted by Crippen LogP contribution is -2.25. The molecule has 0 radical (unpaired) electrons. The molecule has 12 heteroatoms. The number of anilines is 3. The van der Waals surface area contributed by atoms with Gasteiger partial charge in [0.2, 0.25) is 0 Å². The Hall–Kier alpha value is -5.39. The number of urea groups is 1. The maximum absolute atomic E-state index is 13.0. The predicted octanol–water partition coefficient (Wildman–Crippen LogP) is 6.59. The van der Waals surface area contributed by atoms with Gasteiger partial charge in [0.25, 0.3) is 0 Å². The molecule has 0 aliphatic carbocycles. The number of nitrogens with zero attached hydrogens (tertiary/aromatic N) is 5. The van der Waals surface area contributed by atoms with Gasteiger partial charge in [0.15, 0.2) is 5.82 Å². The Kier molecular flexibility index (Phi) is 8.92. The van der Waals surface area contributed by atoms with E-state index < -0.39 is 12.6 Å². The second-order valence-electron chi connectivity index (χ2n) is 9.28. The summed E-state index contributed by atoms with van der Waals surface area (Å²) in [5.41, 5.74) is 4.16. The summed E-state index contributed by atoms with van der Waals surface area (Å²) < 4.78 is 29.3. The first kappa shape index (κ1) is 28.1. The Morgan fingerprint density at radius 1 is 0.929 bits per heavy atom.